The summed E-state index contributed by atoms with van der Waals surface area (Å²) < 4.78 is 0. The minimum atomic E-state index is 0. The summed E-state index contributed by atoms with van der Waals surface area (Å²) in [6.07, 6.45) is 3.15. The molecule has 5 nitrogen and oxygen atoms in total. The average Bonchev–Trinajstić information content (AvgIpc) is 3.14. The molecule has 7 heteroatoms. The Morgan fingerprint density at radius 2 is 2.17 bits per heavy atom. The summed E-state index contributed by atoms with van der Waals surface area (Å²) in [5.74, 6) is 1.03. The van der Waals surface area contributed by atoms with Crippen LogP contribution in [0.15, 0.2) is 11.2 Å². The third-order valence-electron chi connectivity index (χ3n) is 4.16. The van der Waals surface area contributed by atoms with Crippen molar-refractivity contribution in [2.45, 2.75) is 46.7 Å². The van der Waals surface area contributed by atoms with E-state index in [-0.39, 0.29) is 24.0 Å². The molecule has 0 amide bonds. The first-order valence-electron chi connectivity index (χ1n) is 8.36. The normalized spacial score (nSPS) is 18.4. The van der Waals surface area contributed by atoms with E-state index < -0.39 is 0 Å². The molecule has 1 aromatic rings. The highest BCUT2D eigenvalue weighted by Gasteiger charge is 2.27. The van der Waals surface area contributed by atoms with Crippen LogP contribution < -0.4 is 5.32 Å². The first-order valence-corrected chi connectivity index (χ1v) is 9.18. The van der Waals surface area contributed by atoms with Gasteiger partial charge in [0.15, 0.2) is 5.96 Å². The number of nitrogens with one attached hydrogen (secondary N) is 1. The molecule has 0 aromatic carbocycles. The molecule has 1 aliphatic rings. The highest BCUT2D eigenvalue weighted by Crippen LogP contribution is 2.16. The van der Waals surface area contributed by atoms with Gasteiger partial charge in [-0.05, 0) is 33.4 Å². The predicted octanol–water partition coefficient (Wildman–Crippen LogP) is 2.95. The molecule has 1 aromatic heterocycles. The number of hydrogen-bond acceptors (Lipinski definition) is 4. The van der Waals surface area contributed by atoms with Crippen molar-refractivity contribution in [3.8, 4) is 0 Å². The van der Waals surface area contributed by atoms with Crippen LogP contribution in [0.3, 0.4) is 0 Å². The van der Waals surface area contributed by atoms with E-state index in [4.69, 9.17) is 4.99 Å². The Labute approximate surface area is 161 Å². The molecule has 1 N–H and O–H groups in total. The van der Waals surface area contributed by atoms with E-state index in [2.05, 4.69) is 47.8 Å². The van der Waals surface area contributed by atoms with E-state index in [0.717, 1.165) is 43.7 Å². The number of guanidine groups is 1. The Kier molecular flexibility index (Phi) is 9.38. The quantitative estimate of drug-likeness (QED) is 0.411. The molecule has 132 valence electrons. The number of aromatic nitrogens is 1. The number of rotatable bonds is 6. The maximum Gasteiger partial charge on any atom is 0.194 e. The Bertz CT molecular complexity index is 487. The van der Waals surface area contributed by atoms with Gasteiger partial charge in [0, 0.05) is 36.8 Å². The molecule has 0 saturated carbocycles. The lowest BCUT2D eigenvalue weighted by molar-refractivity contribution is 0.223. The number of aliphatic imine (C=N–C) groups is 1. The van der Waals surface area contributed by atoms with Gasteiger partial charge in [0.05, 0.1) is 6.54 Å². The Hall–Kier alpha value is -0.410. The Morgan fingerprint density at radius 1 is 1.43 bits per heavy atom. The van der Waals surface area contributed by atoms with Gasteiger partial charge < -0.3 is 10.2 Å². The zero-order valence-corrected chi connectivity index (χ0v) is 17.9. The van der Waals surface area contributed by atoms with Crippen molar-refractivity contribution in [3.63, 3.8) is 0 Å². The lowest BCUT2D eigenvalue weighted by Crippen LogP contribution is -2.43. The molecule has 1 aliphatic heterocycles. The van der Waals surface area contributed by atoms with E-state index >= 15 is 0 Å². The number of thiazole rings is 1. The zero-order chi connectivity index (χ0) is 15.9. The summed E-state index contributed by atoms with van der Waals surface area (Å²) in [4.78, 5) is 15.4. The predicted molar refractivity (Wildman–Crippen MR) is 110 cm³/mol. The highest BCUT2D eigenvalue weighted by atomic mass is 127. The zero-order valence-electron chi connectivity index (χ0n) is 14.7. The number of likely N-dealkylation sites (tertiary alicyclic amines) is 1. The second-order valence-electron chi connectivity index (χ2n) is 5.64. The van der Waals surface area contributed by atoms with Gasteiger partial charge >= 0.3 is 0 Å². The van der Waals surface area contributed by atoms with Crippen LogP contribution in [0.25, 0.3) is 0 Å². The topological polar surface area (TPSA) is 43.8 Å². The molecular formula is C16H30IN5S. The summed E-state index contributed by atoms with van der Waals surface area (Å²) in [5.41, 5.74) is 0. The molecule has 23 heavy (non-hydrogen) atoms. The van der Waals surface area contributed by atoms with Crippen molar-refractivity contribution in [3.05, 3.63) is 16.1 Å². The number of hydrogen-bond donors (Lipinski definition) is 1. The lowest BCUT2D eigenvalue weighted by Gasteiger charge is -2.27. The Morgan fingerprint density at radius 3 is 2.74 bits per heavy atom. The summed E-state index contributed by atoms with van der Waals surface area (Å²) in [5, 5.41) is 4.52. The molecule has 0 spiro atoms. The molecule has 2 rings (SSSR count). The van der Waals surface area contributed by atoms with E-state index in [9.17, 15) is 0 Å². The van der Waals surface area contributed by atoms with Gasteiger partial charge in [-0.25, -0.2) is 9.98 Å². The van der Waals surface area contributed by atoms with E-state index in [1.54, 1.807) is 11.3 Å². The summed E-state index contributed by atoms with van der Waals surface area (Å²) in [7, 11) is 0. The van der Waals surface area contributed by atoms with Crippen molar-refractivity contribution >= 4 is 41.3 Å². The fraction of sp³-hybridized carbons (Fsp3) is 0.750. The second kappa shape index (κ2) is 10.5. The van der Waals surface area contributed by atoms with E-state index in [1.165, 1.54) is 11.3 Å². The second-order valence-corrected chi connectivity index (χ2v) is 6.96. The summed E-state index contributed by atoms with van der Waals surface area (Å²) in [6.45, 7) is 14.7. The largest absolute Gasteiger partial charge is 0.357 e. The van der Waals surface area contributed by atoms with Crippen molar-refractivity contribution in [2.75, 3.05) is 32.7 Å². The third kappa shape index (κ3) is 5.86. The van der Waals surface area contributed by atoms with Gasteiger partial charge in [0.2, 0.25) is 0 Å². The van der Waals surface area contributed by atoms with Gasteiger partial charge in [-0.3, -0.25) is 4.90 Å². The monoisotopic (exact) mass is 451 g/mol. The third-order valence-corrected chi connectivity index (χ3v) is 5.06. The van der Waals surface area contributed by atoms with Crippen molar-refractivity contribution in [1.82, 2.24) is 20.1 Å². The SMILES string of the molecule is CCNC(=NCc1ncc(C)s1)N1CCC(N(CC)CC)C1.I. The van der Waals surface area contributed by atoms with Crippen LogP contribution in [-0.2, 0) is 6.54 Å². The van der Waals surface area contributed by atoms with Gasteiger partial charge in [-0.1, -0.05) is 13.8 Å². The molecular weight excluding hydrogens is 421 g/mol. The van der Waals surface area contributed by atoms with E-state index in [0.29, 0.717) is 12.6 Å². The molecule has 0 aliphatic carbocycles. The first-order chi connectivity index (χ1) is 10.7. The van der Waals surface area contributed by atoms with Gasteiger partial charge in [-0.2, -0.15) is 0 Å². The number of aryl methyl sites for hydroxylation is 1. The van der Waals surface area contributed by atoms with Gasteiger partial charge in [0.25, 0.3) is 0 Å². The van der Waals surface area contributed by atoms with Gasteiger partial charge in [0.1, 0.15) is 5.01 Å². The molecule has 0 radical (unpaired) electrons. The lowest BCUT2D eigenvalue weighted by atomic mass is 10.2. The van der Waals surface area contributed by atoms with Gasteiger partial charge in [-0.15, -0.1) is 35.3 Å². The number of halogens is 1. The average molecular weight is 451 g/mol. The van der Waals surface area contributed by atoms with E-state index in [1.807, 2.05) is 6.20 Å². The van der Waals surface area contributed by atoms with Crippen LogP contribution in [0.5, 0.6) is 0 Å². The highest BCUT2D eigenvalue weighted by molar-refractivity contribution is 14.0. The van der Waals surface area contributed by atoms with Crippen LogP contribution in [0, 0.1) is 6.92 Å². The number of nitrogens with zero attached hydrogens (tertiary/aromatic N) is 4. The summed E-state index contributed by atoms with van der Waals surface area (Å²) >= 11 is 1.73. The fourth-order valence-electron chi connectivity index (χ4n) is 3.02. The smallest absolute Gasteiger partial charge is 0.194 e. The minimum Gasteiger partial charge on any atom is -0.357 e. The molecule has 0 bridgehead atoms. The van der Waals surface area contributed by atoms with Crippen molar-refractivity contribution < 1.29 is 0 Å². The molecule has 1 saturated heterocycles. The fourth-order valence-corrected chi connectivity index (χ4v) is 3.73. The van der Waals surface area contributed by atoms with Crippen LogP contribution in [0.1, 0.15) is 37.1 Å². The van der Waals surface area contributed by atoms with Crippen molar-refractivity contribution in [2.24, 2.45) is 4.99 Å². The standard InChI is InChI=1S/C16H29N5S.HI/c1-5-17-16(19-11-15-18-10-13(4)22-15)21-9-8-14(12-21)20(6-2)7-3;/h10,14H,5-9,11-12H2,1-4H3,(H,17,19);1H. The number of likely N-dealkylation sites (N-methyl/N-ethyl adjacent to an activating group) is 1. The van der Waals surface area contributed by atoms with Crippen LogP contribution in [0.2, 0.25) is 0 Å². The van der Waals surface area contributed by atoms with Crippen molar-refractivity contribution in [1.29, 1.82) is 0 Å². The maximum atomic E-state index is 4.79. The Balaban J connectivity index is 0.00000264. The minimum absolute atomic E-state index is 0. The molecule has 1 atom stereocenters. The molecule has 1 unspecified atom stereocenters. The molecule has 2 heterocycles. The molecule has 1 fully saturated rings. The van der Waals surface area contributed by atoms with Crippen LogP contribution >= 0.6 is 35.3 Å². The maximum absolute atomic E-state index is 4.79. The van der Waals surface area contributed by atoms with Crippen LogP contribution in [0.4, 0.5) is 0 Å². The van der Waals surface area contributed by atoms with Crippen LogP contribution in [-0.4, -0.2) is 59.5 Å². The first kappa shape index (κ1) is 20.6. The summed E-state index contributed by atoms with van der Waals surface area (Å²) in [6, 6.07) is 0.654.